The van der Waals surface area contributed by atoms with Crippen LogP contribution in [-0.2, 0) is 0 Å². The van der Waals surface area contributed by atoms with E-state index in [9.17, 15) is 9.90 Å². The maximum atomic E-state index is 12.7. The second-order valence-corrected chi connectivity index (χ2v) is 4.67. The summed E-state index contributed by atoms with van der Waals surface area (Å²) in [6.45, 7) is 0. The molecule has 3 rings (SSSR count). The Morgan fingerprint density at radius 1 is 1.00 bits per heavy atom. The summed E-state index contributed by atoms with van der Waals surface area (Å²) in [5.74, 6) is 0.977. The number of fused-ring (bicyclic) bond motifs is 1. The molecule has 0 aliphatic rings. The molecule has 0 saturated carbocycles. The Labute approximate surface area is 126 Å². The van der Waals surface area contributed by atoms with Crippen LogP contribution < -0.4 is 14.9 Å². The van der Waals surface area contributed by atoms with Gasteiger partial charge in [-0.15, -0.1) is 0 Å². The van der Waals surface area contributed by atoms with Crippen LogP contribution in [0.2, 0.25) is 0 Å². The van der Waals surface area contributed by atoms with Crippen molar-refractivity contribution < 1.29 is 19.0 Å². The Morgan fingerprint density at radius 3 is 2.36 bits per heavy atom. The zero-order valence-electron chi connectivity index (χ0n) is 12.1. The van der Waals surface area contributed by atoms with Crippen molar-refractivity contribution in [2.45, 2.75) is 0 Å². The van der Waals surface area contributed by atoms with E-state index in [1.54, 1.807) is 30.3 Å². The Kier molecular flexibility index (Phi) is 3.47. The molecule has 0 spiro atoms. The number of benzene rings is 2. The lowest BCUT2D eigenvalue weighted by Crippen LogP contribution is -2.08. The van der Waals surface area contributed by atoms with Crippen molar-refractivity contribution in [3.05, 3.63) is 52.7 Å². The number of hydrogen-bond acceptors (Lipinski definition) is 5. The smallest absolute Gasteiger partial charge is 0.239 e. The largest absolute Gasteiger partial charge is 0.508 e. The molecule has 22 heavy (non-hydrogen) atoms. The van der Waals surface area contributed by atoms with Gasteiger partial charge in [-0.05, 0) is 36.4 Å². The van der Waals surface area contributed by atoms with Crippen LogP contribution in [0.25, 0.3) is 22.3 Å². The molecule has 0 amide bonds. The third-order valence-electron chi connectivity index (χ3n) is 3.39. The van der Waals surface area contributed by atoms with Crippen LogP contribution in [0, 0.1) is 0 Å². The van der Waals surface area contributed by atoms with Crippen molar-refractivity contribution in [1.29, 1.82) is 0 Å². The highest BCUT2D eigenvalue weighted by molar-refractivity contribution is 5.87. The Morgan fingerprint density at radius 2 is 1.73 bits per heavy atom. The zero-order chi connectivity index (χ0) is 15.7. The first-order valence-electron chi connectivity index (χ1n) is 6.63. The quantitative estimate of drug-likeness (QED) is 0.804. The maximum absolute atomic E-state index is 12.7. The summed E-state index contributed by atoms with van der Waals surface area (Å²) in [4.78, 5) is 12.7. The summed E-state index contributed by atoms with van der Waals surface area (Å²) in [6.07, 6.45) is 0. The van der Waals surface area contributed by atoms with Gasteiger partial charge in [-0.1, -0.05) is 6.07 Å². The van der Waals surface area contributed by atoms with Gasteiger partial charge in [-0.25, -0.2) is 0 Å². The molecular weight excluding hydrogens is 284 g/mol. The average Bonchev–Trinajstić information content (AvgIpc) is 2.54. The van der Waals surface area contributed by atoms with Gasteiger partial charge in [0.2, 0.25) is 11.2 Å². The fourth-order valence-corrected chi connectivity index (χ4v) is 2.35. The van der Waals surface area contributed by atoms with Crippen molar-refractivity contribution in [1.82, 2.24) is 0 Å². The van der Waals surface area contributed by atoms with Crippen LogP contribution in [0.4, 0.5) is 0 Å². The SMILES string of the molecule is COc1c(-c2ccc(O)cc2)oc2cccc(OC)c2c1=O. The summed E-state index contributed by atoms with van der Waals surface area (Å²) in [6, 6.07) is 11.5. The van der Waals surface area contributed by atoms with Gasteiger partial charge in [0.15, 0.2) is 5.76 Å². The summed E-state index contributed by atoms with van der Waals surface area (Å²) < 4.78 is 16.3. The number of phenolic OH excluding ortho intramolecular Hbond substituents is 1. The lowest BCUT2D eigenvalue weighted by Gasteiger charge is -2.10. The summed E-state index contributed by atoms with van der Waals surface area (Å²) >= 11 is 0. The van der Waals surface area contributed by atoms with Crippen LogP contribution in [0.5, 0.6) is 17.2 Å². The van der Waals surface area contributed by atoms with Crippen molar-refractivity contribution >= 4 is 11.0 Å². The minimum Gasteiger partial charge on any atom is -0.508 e. The highest BCUT2D eigenvalue weighted by Gasteiger charge is 2.19. The minimum atomic E-state index is -0.302. The van der Waals surface area contributed by atoms with Crippen LogP contribution in [-0.4, -0.2) is 19.3 Å². The molecule has 0 aliphatic carbocycles. The molecule has 1 heterocycles. The second-order valence-electron chi connectivity index (χ2n) is 4.67. The Bertz CT molecular complexity index is 878. The molecule has 3 aromatic rings. The Hall–Kier alpha value is -2.95. The number of rotatable bonds is 3. The van der Waals surface area contributed by atoms with Gasteiger partial charge < -0.3 is 19.0 Å². The predicted octanol–water partition coefficient (Wildman–Crippen LogP) is 3.18. The van der Waals surface area contributed by atoms with Gasteiger partial charge in [-0.2, -0.15) is 0 Å². The molecule has 1 aromatic heterocycles. The van der Waals surface area contributed by atoms with E-state index >= 15 is 0 Å². The highest BCUT2D eigenvalue weighted by atomic mass is 16.5. The molecule has 0 unspecified atom stereocenters. The molecule has 0 fully saturated rings. The lowest BCUT2D eigenvalue weighted by atomic mass is 10.1. The summed E-state index contributed by atoms with van der Waals surface area (Å²) in [5.41, 5.74) is 0.744. The first-order chi connectivity index (χ1) is 10.7. The monoisotopic (exact) mass is 298 g/mol. The molecule has 1 N–H and O–H groups in total. The number of phenols is 1. The van der Waals surface area contributed by atoms with E-state index in [0.717, 1.165) is 0 Å². The lowest BCUT2D eigenvalue weighted by molar-refractivity contribution is 0.395. The fraction of sp³-hybridized carbons (Fsp3) is 0.118. The van der Waals surface area contributed by atoms with E-state index in [0.29, 0.717) is 28.0 Å². The summed E-state index contributed by atoms with van der Waals surface area (Å²) in [5, 5.41) is 9.72. The number of ether oxygens (including phenoxy) is 2. The van der Waals surface area contributed by atoms with Gasteiger partial charge in [0.25, 0.3) is 0 Å². The van der Waals surface area contributed by atoms with E-state index < -0.39 is 0 Å². The van der Waals surface area contributed by atoms with E-state index in [2.05, 4.69) is 0 Å². The summed E-state index contributed by atoms with van der Waals surface area (Å²) in [7, 11) is 2.91. The number of aromatic hydroxyl groups is 1. The third kappa shape index (κ3) is 2.16. The maximum Gasteiger partial charge on any atom is 0.239 e. The normalized spacial score (nSPS) is 10.6. The van der Waals surface area contributed by atoms with Crippen molar-refractivity contribution in [2.75, 3.05) is 14.2 Å². The van der Waals surface area contributed by atoms with Crippen LogP contribution in [0.15, 0.2) is 51.7 Å². The van der Waals surface area contributed by atoms with E-state index in [-0.39, 0.29) is 16.9 Å². The molecule has 5 heteroatoms. The van der Waals surface area contributed by atoms with Gasteiger partial charge in [-0.3, -0.25) is 4.79 Å². The van der Waals surface area contributed by atoms with Gasteiger partial charge >= 0.3 is 0 Å². The topological polar surface area (TPSA) is 68.9 Å². The first-order valence-corrected chi connectivity index (χ1v) is 6.63. The minimum absolute atomic E-state index is 0.0997. The molecule has 0 aliphatic heterocycles. The van der Waals surface area contributed by atoms with E-state index in [4.69, 9.17) is 13.9 Å². The highest BCUT2D eigenvalue weighted by Crippen LogP contribution is 2.33. The molecular formula is C17H14O5. The number of hydrogen-bond donors (Lipinski definition) is 1. The Balaban J connectivity index is 2.36. The van der Waals surface area contributed by atoms with Crippen LogP contribution in [0.3, 0.4) is 0 Å². The molecule has 112 valence electrons. The van der Waals surface area contributed by atoms with Crippen molar-refractivity contribution in [3.63, 3.8) is 0 Å². The molecule has 0 bridgehead atoms. The molecule has 0 saturated heterocycles. The predicted molar refractivity (Wildman–Crippen MR) is 82.7 cm³/mol. The van der Waals surface area contributed by atoms with Crippen LogP contribution in [0.1, 0.15) is 0 Å². The van der Waals surface area contributed by atoms with Crippen molar-refractivity contribution in [2.24, 2.45) is 0 Å². The molecule has 0 atom stereocenters. The zero-order valence-corrected chi connectivity index (χ0v) is 12.1. The molecule has 5 nitrogen and oxygen atoms in total. The van der Waals surface area contributed by atoms with Gasteiger partial charge in [0.1, 0.15) is 22.5 Å². The van der Waals surface area contributed by atoms with Gasteiger partial charge in [0.05, 0.1) is 14.2 Å². The second kappa shape index (κ2) is 5.44. The molecule has 2 aromatic carbocycles. The molecule has 0 radical (unpaired) electrons. The standard InChI is InChI=1S/C17H14O5/c1-20-12-4-3-5-13-14(12)15(19)17(21-2)16(22-13)10-6-8-11(18)9-7-10/h3-9,18H,1-2H3. The van der Waals surface area contributed by atoms with E-state index in [1.165, 1.54) is 26.4 Å². The van der Waals surface area contributed by atoms with Crippen LogP contribution >= 0.6 is 0 Å². The fourth-order valence-electron chi connectivity index (χ4n) is 2.35. The van der Waals surface area contributed by atoms with Gasteiger partial charge in [0, 0.05) is 5.56 Å². The number of methoxy groups -OCH3 is 2. The average molecular weight is 298 g/mol. The van der Waals surface area contributed by atoms with E-state index in [1.807, 2.05) is 0 Å². The third-order valence-corrected chi connectivity index (χ3v) is 3.39. The van der Waals surface area contributed by atoms with Crippen molar-refractivity contribution in [3.8, 4) is 28.6 Å². The first kappa shape index (κ1) is 14.0.